The Morgan fingerprint density at radius 1 is 1.32 bits per heavy atom. The highest BCUT2D eigenvalue weighted by molar-refractivity contribution is 7.99. The monoisotopic (exact) mass is 304 g/mol. The topological polar surface area (TPSA) is 43.4 Å². The van der Waals surface area contributed by atoms with Crippen LogP contribution < -0.4 is 5.11 Å². The molecule has 1 saturated heterocycles. The summed E-state index contributed by atoms with van der Waals surface area (Å²) in [4.78, 5) is 13.1. The predicted molar refractivity (Wildman–Crippen MR) is 74.1 cm³/mol. The van der Waals surface area contributed by atoms with E-state index >= 15 is 0 Å². The molecule has 0 N–H and O–H groups in total. The first-order valence-electron chi connectivity index (χ1n) is 5.99. The van der Waals surface area contributed by atoms with Crippen LogP contribution in [0.5, 0.6) is 0 Å². The predicted octanol–water partition coefficient (Wildman–Crippen LogP) is 2.39. The van der Waals surface area contributed by atoms with E-state index < -0.39 is 6.09 Å². The van der Waals surface area contributed by atoms with Crippen LogP contribution in [0.1, 0.15) is 12.8 Å². The van der Waals surface area contributed by atoms with Gasteiger partial charge in [-0.1, -0.05) is 0 Å². The van der Waals surface area contributed by atoms with E-state index in [4.69, 9.17) is 0 Å². The Morgan fingerprint density at radius 2 is 1.89 bits per heavy atom. The number of piperidine rings is 1. The molecule has 1 aliphatic heterocycles. The van der Waals surface area contributed by atoms with Crippen molar-refractivity contribution in [1.82, 2.24) is 4.90 Å². The van der Waals surface area contributed by atoms with E-state index in [9.17, 15) is 14.3 Å². The fraction of sp³-hybridized carbons (Fsp3) is 0.462. The van der Waals surface area contributed by atoms with E-state index in [1.165, 1.54) is 17.0 Å². The Labute approximate surface area is 122 Å². The van der Waals surface area contributed by atoms with E-state index in [0.717, 1.165) is 23.5 Å². The number of nitrogens with zero attached hydrogens (tertiary/aromatic N) is 1. The van der Waals surface area contributed by atoms with Crippen LogP contribution in [0.3, 0.4) is 0 Å². The Balaban J connectivity index is 0.00000180. The summed E-state index contributed by atoms with van der Waals surface area (Å²) in [5, 5.41) is 10.6. The van der Waals surface area contributed by atoms with E-state index in [1.807, 2.05) is 0 Å². The van der Waals surface area contributed by atoms with Gasteiger partial charge in [0, 0.05) is 23.7 Å². The first-order valence-corrected chi connectivity index (χ1v) is 6.98. The fourth-order valence-electron chi connectivity index (χ4n) is 2.03. The normalized spacial score (nSPS) is 15.9. The van der Waals surface area contributed by atoms with Crippen molar-refractivity contribution in [3.05, 3.63) is 30.1 Å². The highest BCUT2D eigenvalue weighted by atomic mass is 35.5. The lowest BCUT2D eigenvalue weighted by atomic mass is 9.99. The van der Waals surface area contributed by atoms with Gasteiger partial charge in [0.2, 0.25) is 0 Å². The van der Waals surface area contributed by atoms with Gasteiger partial charge in [-0.15, -0.1) is 24.2 Å². The molecule has 3 nitrogen and oxygen atoms in total. The van der Waals surface area contributed by atoms with Gasteiger partial charge in [0.15, 0.2) is 0 Å². The van der Waals surface area contributed by atoms with E-state index in [0.29, 0.717) is 19.0 Å². The van der Waals surface area contributed by atoms with Crippen LogP contribution in [0, 0.1) is 11.7 Å². The summed E-state index contributed by atoms with van der Waals surface area (Å²) < 4.78 is 12.7. The SMILES string of the molecule is Cl.O=C([O-])N1CCC(CSc2ccc(F)cc2)CC1. The van der Waals surface area contributed by atoms with Crippen LogP contribution in [0.15, 0.2) is 29.2 Å². The number of hydrogen-bond acceptors (Lipinski definition) is 3. The van der Waals surface area contributed by atoms with E-state index in [2.05, 4.69) is 0 Å². The molecular formula is C13H16ClFNO2S-. The van der Waals surface area contributed by atoms with Crippen LogP contribution in [-0.2, 0) is 0 Å². The maximum absolute atomic E-state index is 12.7. The van der Waals surface area contributed by atoms with Crippen molar-refractivity contribution >= 4 is 30.3 Å². The third-order valence-corrected chi connectivity index (χ3v) is 4.42. The number of carbonyl (C=O) groups excluding carboxylic acids is 1. The summed E-state index contributed by atoms with van der Waals surface area (Å²) in [6.07, 6.45) is 0.685. The van der Waals surface area contributed by atoms with Crippen molar-refractivity contribution in [3.8, 4) is 0 Å². The molecule has 19 heavy (non-hydrogen) atoms. The highest BCUT2D eigenvalue weighted by Crippen LogP contribution is 2.26. The van der Waals surface area contributed by atoms with E-state index in [-0.39, 0.29) is 18.2 Å². The molecule has 1 fully saturated rings. The zero-order chi connectivity index (χ0) is 13.0. The van der Waals surface area contributed by atoms with Gasteiger partial charge in [-0.05, 0) is 43.0 Å². The van der Waals surface area contributed by atoms with Crippen molar-refractivity contribution in [2.75, 3.05) is 18.8 Å². The Kier molecular flexibility index (Phi) is 6.45. The van der Waals surface area contributed by atoms with Crippen LogP contribution in [0.4, 0.5) is 9.18 Å². The maximum Gasteiger partial charge on any atom is 0.136 e. The molecule has 0 unspecified atom stereocenters. The highest BCUT2D eigenvalue weighted by Gasteiger charge is 2.18. The lowest BCUT2D eigenvalue weighted by molar-refractivity contribution is -0.266. The Bertz CT molecular complexity index is 408. The summed E-state index contributed by atoms with van der Waals surface area (Å²) in [6.45, 7) is 1.13. The minimum absolute atomic E-state index is 0. The summed E-state index contributed by atoms with van der Waals surface area (Å²) in [5.74, 6) is 1.25. The molecular weight excluding hydrogens is 289 g/mol. The summed E-state index contributed by atoms with van der Waals surface area (Å²) in [5.41, 5.74) is 0. The van der Waals surface area contributed by atoms with Gasteiger partial charge in [-0.25, -0.2) is 4.39 Å². The zero-order valence-electron chi connectivity index (χ0n) is 10.4. The summed E-state index contributed by atoms with van der Waals surface area (Å²) >= 11 is 1.70. The third kappa shape index (κ3) is 4.91. The van der Waals surface area contributed by atoms with Gasteiger partial charge in [0.1, 0.15) is 11.9 Å². The van der Waals surface area contributed by atoms with Crippen LogP contribution in [0.25, 0.3) is 0 Å². The molecule has 2 rings (SSSR count). The third-order valence-electron chi connectivity index (χ3n) is 3.17. The van der Waals surface area contributed by atoms with Crippen LogP contribution in [-0.4, -0.2) is 29.8 Å². The summed E-state index contributed by atoms with van der Waals surface area (Å²) in [7, 11) is 0. The molecule has 1 amide bonds. The van der Waals surface area contributed by atoms with Crippen molar-refractivity contribution in [1.29, 1.82) is 0 Å². The lowest BCUT2D eigenvalue weighted by Gasteiger charge is -2.33. The largest absolute Gasteiger partial charge is 0.530 e. The van der Waals surface area contributed by atoms with Gasteiger partial charge >= 0.3 is 0 Å². The van der Waals surface area contributed by atoms with E-state index in [1.54, 1.807) is 23.9 Å². The molecule has 6 heteroatoms. The van der Waals surface area contributed by atoms with Crippen molar-refractivity contribution in [2.45, 2.75) is 17.7 Å². The number of halogens is 2. The number of rotatable bonds is 3. The number of hydrogen-bond donors (Lipinski definition) is 0. The molecule has 0 bridgehead atoms. The zero-order valence-corrected chi connectivity index (χ0v) is 12.0. The second-order valence-electron chi connectivity index (χ2n) is 4.46. The fourth-order valence-corrected chi connectivity index (χ4v) is 3.12. The van der Waals surface area contributed by atoms with Gasteiger partial charge in [0.25, 0.3) is 0 Å². The molecule has 0 aliphatic carbocycles. The molecule has 1 aromatic carbocycles. The molecule has 106 valence electrons. The first kappa shape index (κ1) is 16.1. The molecule has 0 spiro atoms. The Morgan fingerprint density at radius 3 is 2.42 bits per heavy atom. The molecule has 0 aromatic heterocycles. The minimum Gasteiger partial charge on any atom is -0.530 e. The van der Waals surface area contributed by atoms with Crippen LogP contribution in [0.2, 0.25) is 0 Å². The van der Waals surface area contributed by atoms with Gasteiger partial charge < -0.3 is 14.8 Å². The molecule has 0 radical (unpaired) electrons. The van der Waals surface area contributed by atoms with Crippen molar-refractivity contribution < 1.29 is 14.3 Å². The first-order chi connectivity index (χ1) is 8.65. The lowest BCUT2D eigenvalue weighted by Crippen LogP contribution is -2.45. The number of carboxylic acid groups (broad SMARTS) is 1. The quantitative estimate of drug-likeness (QED) is 0.805. The second-order valence-corrected chi connectivity index (χ2v) is 5.55. The molecule has 1 heterocycles. The van der Waals surface area contributed by atoms with Gasteiger partial charge in [-0.2, -0.15) is 0 Å². The average Bonchev–Trinajstić information content (AvgIpc) is 2.38. The van der Waals surface area contributed by atoms with Crippen molar-refractivity contribution in [3.63, 3.8) is 0 Å². The molecule has 1 aromatic rings. The molecule has 1 aliphatic rings. The Hall–Kier alpha value is -0.940. The summed E-state index contributed by atoms with van der Waals surface area (Å²) in [6, 6.07) is 6.47. The van der Waals surface area contributed by atoms with Gasteiger partial charge in [-0.3, -0.25) is 0 Å². The number of thioether (sulfide) groups is 1. The number of likely N-dealkylation sites (tertiary alicyclic amines) is 1. The molecule has 0 saturated carbocycles. The second kappa shape index (κ2) is 7.60. The smallest absolute Gasteiger partial charge is 0.136 e. The minimum atomic E-state index is -1.07. The number of carbonyl (C=O) groups is 1. The average molecular weight is 305 g/mol. The van der Waals surface area contributed by atoms with Crippen molar-refractivity contribution in [2.24, 2.45) is 5.92 Å². The maximum atomic E-state index is 12.7. The number of amides is 1. The number of benzene rings is 1. The van der Waals surface area contributed by atoms with Gasteiger partial charge in [0.05, 0.1) is 0 Å². The van der Waals surface area contributed by atoms with Crippen LogP contribution >= 0.6 is 24.2 Å². The molecule has 0 atom stereocenters. The standard InChI is InChI=1S/C13H16FNO2S.ClH/c14-11-1-3-12(4-2-11)18-9-10-5-7-15(8-6-10)13(16)17;/h1-4,10H,5-9H2,(H,16,17);1H/p-1.